The fourth-order valence-corrected chi connectivity index (χ4v) is 0.987. The van der Waals surface area contributed by atoms with E-state index in [1.165, 1.54) is 4.52 Å². The summed E-state index contributed by atoms with van der Waals surface area (Å²) in [5.74, 6) is 0.112. The van der Waals surface area contributed by atoms with E-state index in [-0.39, 0.29) is 5.88 Å². The summed E-state index contributed by atoms with van der Waals surface area (Å²) in [6.07, 6.45) is 1.60. The third kappa shape index (κ3) is 1.61. The molecule has 0 aliphatic rings. The molecule has 0 atom stereocenters. The SMILES string of the molecule is CC.Cc1nc2cccnn2c1O. The maximum absolute atomic E-state index is 9.34. The molecule has 0 fully saturated rings. The molecular formula is C9H13N3O. The molecule has 0 unspecified atom stereocenters. The van der Waals surface area contributed by atoms with Gasteiger partial charge in [-0.25, -0.2) is 4.98 Å². The van der Waals surface area contributed by atoms with Gasteiger partial charge in [-0.3, -0.25) is 0 Å². The van der Waals surface area contributed by atoms with Crippen molar-refractivity contribution in [3.8, 4) is 5.88 Å². The Hall–Kier alpha value is -1.58. The van der Waals surface area contributed by atoms with Crippen molar-refractivity contribution in [3.63, 3.8) is 0 Å². The summed E-state index contributed by atoms with van der Waals surface area (Å²) in [6.45, 7) is 5.74. The zero-order valence-electron chi connectivity index (χ0n) is 8.02. The number of hydrogen-bond donors (Lipinski definition) is 1. The molecule has 0 bridgehead atoms. The molecule has 0 radical (unpaired) electrons. The summed E-state index contributed by atoms with van der Waals surface area (Å²) in [5, 5.41) is 13.2. The van der Waals surface area contributed by atoms with Crippen LogP contribution in [-0.2, 0) is 0 Å². The molecule has 2 aromatic rings. The summed E-state index contributed by atoms with van der Waals surface area (Å²) in [4.78, 5) is 4.06. The quantitative estimate of drug-likeness (QED) is 0.670. The second-order valence-corrected chi connectivity index (χ2v) is 2.31. The molecule has 2 heterocycles. The summed E-state index contributed by atoms with van der Waals surface area (Å²) in [6, 6.07) is 3.57. The molecule has 0 aliphatic heterocycles. The number of rotatable bonds is 0. The Bertz CT molecular complexity index is 395. The third-order valence-electron chi connectivity index (χ3n) is 1.54. The fraction of sp³-hybridized carbons (Fsp3) is 0.333. The van der Waals surface area contributed by atoms with Gasteiger partial charge in [0.05, 0.1) is 0 Å². The Morgan fingerprint density at radius 1 is 1.38 bits per heavy atom. The molecule has 4 heteroatoms. The standard InChI is InChI=1S/C7H7N3O.C2H6/c1-5-7(11)10-6(9-5)3-2-4-8-10;1-2/h2-4,11H,1H3;1-2H3. The van der Waals surface area contributed by atoms with Crippen molar-refractivity contribution in [2.75, 3.05) is 0 Å². The summed E-state index contributed by atoms with van der Waals surface area (Å²) in [5.41, 5.74) is 1.27. The van der Waals surface area contributed by atoms with Crippen molar-refractivity contribution in [2.45, 2.75) is 20.8 Å². The van der Waals surface area contributed by atoms with E-state index in [0.29, 0.717) is 11.3 Å². The van der Waals surface area contributed by atoms with Crippen LogP contribution in [0.4, 0.5) is 0 Å². The van der Waals surface area contributed by atoms with Gasteiger partial charge in [0.25, 0.3) is 0 Å². The minimum absolute atomic E-state index is 0.112. The van der Waals surface area contributed by atoms with Crippen molar-refractivity contribution >= 4 is 5.65 Å². The molecule has 0 aromatic carbocycles. The van der Waals surface area contributed by atoms with Gasteiger partial charge in [0.2, 0.25) is 5.88 Å². The van der Waals surface area contributed by atoms with Crippen molar-refractivity contribution in [1.29, 1.82) is 0 Å². The maximum atomic E-state index is 9.34. The molecule has 0 aliphatic carbocycles. The highest BCUT2D eigenvalue weighted by Crippen LogP contribution is 2.15. The van der Waals surface area contributed by atoms with Crippen LogP contribution >= 0.6 is 0 Å². The molecule has 4 nitrogen and oxygen atoms in total. The second-order valence-electron chi connectivity index (χ2n) is 2.31. The Morgan fingerprint density at radius 2 is 2.08 bits per heavy atom. The van der Waals surface area contributed by atoms with Crippen LogP contribution in [0.5, 0.6) is 5.88 Å². The van der Waals surface area contributed by atoms with Gasteiger partial charge in [-0.1, -0.05) is 13.8 Å². The normalized spacial score (nSPS) is 9.46. The van der Waals surface area contributed by atoms with Gasteiger partial charge in [0.1, 0.15) is 5.69 Å². The number of imidazole rings is 1. The predicted octanol–water partition coefficient (Wildman–Crippen LogP) is 1.77. The molecule has 13 heavy (non-hydrogen) atoms. The molecule has 2 rings (SSSR count). The van der Waals surface area contributed by atoms with Crippen LogP contribution < -0.4 is 0 Å². The number of aryl methyl sites for hydroxylation is 1. The van der Waals surface area contributed by atoms with E-state index in [1.54, 1.807) is 25.3 Å². The first-order valence-electron chi connectivity index (χ1n) is 4.28. The first kappa shape index (κ1) is 9.51. The Labute approximate surface area is 76.9 Å². The lowest BCUT2D eigenvalue weighted by Crippen LogP contribution is -1.87. The smallest absolute Gasteiger partial charge is 0.236 e. The molecule has 0 amide bonds. The molecular weight excluding hydrogens is 166 g/mol. The number of aromatic hydroxyl groups is 1. The van der Waals surface area contributed by atoms with Gasteiger partial charge in [0.15, 0.2) is 5.65 Å². The van der Waals surface area contributed by atoms with E-state index in [0.717, 1.165) is 0 Å². The maximum Gasteiger partial charge on any atom is 0.236 e. The van der Waals surface area contributed by atoms with Gasteiger partial charge in [-0.05, 0) is 19.1 Å². The van der Waals surface area contributed by atoms with Gasteiger partial charge in [0, 0.05) is 6.20 Å². The topological polar surface area (TPSA) is 50.4 Å². The van der Waals surface area contributed by atoms with Gasteiger partial charge >= 0.3 is 0 Å². The minimum atomic E-state index is 0.112. The molecule has 0 spiro atoms. The van der Waals surface area contributed by atoms with Crippen molar-refractivity contribution in [1.82, 2.24) is 14.6 Å². The van der Waals surface area contributed by atoms with Crippen LogP contribution in [-0.4, -0.2) is 19.7 Å². The van der Waals surface area contributed by atoms with Crippen LogP contribution in [0.2, 0.25) is 0 Å². The molecule has 70 valence electrons. The van der Waals surface area contributed by atoms with Crippen molar-refractivity contribution in [3.05, 3.63) is 24.0 Å². The van der Waals surface area contributed by atoms with Gasteiger partial charge < -0.3 is 5.11 Å². The predicted molar refractivity (Wildman–Crippen MR) is 50.7 cm³/mol. The van der Waals surface area contributed by atoms with E-state index in [4.69, 9.17) is 0 Å². The lowest BCUT2D eigenvalue weighted by molar-refractivity contribution is 0.434. The minimum Gasteiger partial charge on any atom is -0.492 e. The van der Waals surface area contributed by atoms with E-state index >= 15 is 0 Å². The lowest BCUT2D eigenvalue weighted by atomic mass is 10.5. The van der Waals surface area contributed by atoms with Crippen LogP contribution in [0.3, 0.4) is 0 Å². The number of nitrogens with zero attached hydrogens (tertiary/aromatic N) is 3. The van der Waals surface area contributed by atoms with E-state index in [9.17, 15) is 5.11 Å². The van der Waals surface area contributed by atoms with E-state index in [1.807, 2.05) is 13.8 Å². The molecule has 0 saturated heterocycles. The highest BCUT2D eigenvalue weighted by Gasteiger charge is 2.05. The zero-order chi connectivity index (χ0) is 9.84. The number of aromatic nitrogens is 3. The van der Waals surface area contributed by atoms with Crippen LogP contribution in [0.15, 0.2) is 18.3 Å². The van der Waals surface area contributed by atoms with Crippen LogP contribution in [0, 0.1) is 6.92 Å². The summed E-state index contributed by atoms with van der Waals surface area (Å²) < 4.78 is 1.40. The van der Waals surface area contributed by atoms with Crippen LogP contribution in [0.1, 0.15) is 19.5 Å². The van der Waals surface area contributed by atoms with E-state index in [2.05, 4.69) is 10.1 Å². The summed E-state index contributed by atoms with van der Waals surface area (Å²) in [7, 11) is 0. The molecule has 1 N–H and O–H groups in total. The van der Waals surface area contributed by atoms with E-state index < -0.39 is 0 Å². The Kier molecular flexibility index (Phi) is 2.84. The largest absolute Gasteiger partial charge is 0.492 e. The highest BCUT2D eigenvalue weighted by atomic mass is 16.3. The molecule has 2 aromatic heterocycles. The molecule has 0 saturated carbocycles. The van der Waals surface area contributed by atoms with Crippen LogP contribution in [0.25, 0.3) is 5.65 Å². The number of hydrogen-bond acceptors (Lipinski definition) is 3. The van der Waals surface area contributed by atoms with Gasteiger partial charge in [-0.15, -0.1) is 0 Å². The monoisotopic (exact) mass is 179 g/mol. The van der Waals surface area contributed by atoms with Crippen molar-refractivity contribution < 1.29 is 5.11 Å². The first-order valence-corrected chi connectivity index (χ1v) is 4.28. The average Bonchev–Trinajstić information content (AvgIpc) is 2.47. The number of fused-ring (bicyclic) bond motifs is 1. The van der Waals surface area contributed by atoms with Gasteiger partial charge in [-0.2, -0.15) is 9.61 Å². The highest BCUT2D eigenvalue weighted by molar-refractivity contribution is 5.42. The fourth-order valence-electron chi connectivity index (χ4n) is 0.987. The average molecular weight is 179 g/mol. The Balaban J connectivity index is 0.000000396. The zero-order valence-corrected chi connectivity index (χ0v) is 8.02. The summed E-state index contributed by atoms with van der Waals surface area (Å²) >= 11 is 0. The Morgan fingerprint density at radius 3 is 2.69 bits per heavy atom. The first-order chi connectivity index (χ1) is 6.29. The lowest BCUT2D eigenvalue weighted by Gasteiger charge is -1.89. The second kappa shape index (κ2) is 3.89. The van der Waals surface area contributed by atoms with Crippen molar-refractivity contribution in [2.24, 2.45) is 0 Å². The third-order valence-corrected chi connectivity index (χ3v) is 1.54.